The van der Waals surface area contributed by atoms with E-state index in [1.807, 2.05) is 6.92 Å². The second kappa shape index (κ2) is 5.87. The fraction of sp³-hybridized carbons (Fsp3) is 0.923. The largest absolute Gasteiger partial charge is 0.444 e. The highest BCUT2D eigenvalue weighted by molar-refractivity contribution is 7.86. The zero-order chi connectivity index (χ0) is 15.6. The number of carbonyl (C=O) groups is 1. The Kier molecular flexibility index (Phi) is 5.05. The highest BCUT2D eigenvalue weighted by Gasteiger charge is 2.39. The quantitative estimate of drug-likeness (QED) is 0.752. The van der Waals surface area contributed by atoms with E-state index in [0.29, 0.717) is 32.4 Å². The molecule has 0 aromatic heterocycles. The lowest BCUT2D eigenvalue weighted by atomic mass is 9.78. The Bertz CT molecular complexity index is 447. The maximum Gasteiger partial charge on any atom is 0.410 e. The van der Waals surface area contributed by atoms with Crippen LogP contribution in [0.5, 0.6) is 0 Å². The average molecular weight is 309 g/mol. The van der Waals surface area contributed by atoms with Gasteiger partial charge in [-0.2, -0.15) is 8.42 Å². The van der Waals surface area contributed by atoms with Gasteiger partial charge in [0.05, 0.1) is 5.75 Å². The molecule has 5 nitrogen and oxygen atoms in total. The van der Waals surface area contributed by atoms with Gasteiger partial charge in [0.15, 0.2) is 0 Å². The van der Waals surface area contributed by atoms with E-state index < -0.39 is 33.1 Å². The third kappa shape index (κ3) is 5.26. The van der Waals surface area contributed by atoms with Crippen molar-refractivity contribution in [2.75, 3.05) is 18.8 Å². The molecule has 7 heteroatoms. The zero-order valence-corrected chi connectivity index (χ0v) is 13.4. The van der Waals surface area contributed by atoms with Crippen LogP contribution in [0, 0.1) is 5.41 Å². The van der Waals surface area contributed by atoms with Gasteiger partial charge in [0, 0.05) is 13.1 Å². The first-order chi connectivity index (χ1) is 8.96. The Morgan fingerprint density at radius 2 is 1.80 bits per heavy atom. The minimum atomic E-state index is -4.50. The molecule has 0 spiro atoms. The van der Waals surface area contributed by atoms with Crippen molar-refractivity contribution in [3.05, 3.63) is 0 Å². The summed E-state index contributed by atoms with van der Waals surface area (Å²) in [6.45, 7) is 8.04. The highest BCUT2D eigenvalue weighted by atomic mass is 32.3. The summed E-state index contributed by atoms with van der Waals surface area (Å²) in [5, 5.41) is 0. The van der Waals surface area contributed by atoms with Gasteiger partial charge in [-0.05, 0) is 45.4 Å². The maximum absolute atomic E-state index is 13.0. The second-order valence-corrected chi connectivity index (χ2v) is 7.87. The number of hydrogen-bond acceptors (Lipinski definition) is 4. The molecule has 0 aromatic rings. The molecule has 0 aliphatic carbocycles. The molecule has 0 aromatic carbocycles. The van der Waals surface area contributed by atoms with Gasteiger partial charge in [-0.15, -0.1) is 3.89 Å². The Labute approximate surface area is 120 Å². The molecule has 0 radical (unpaired) electrons. The van der Waals surface area contributed by atoms with Crippen molar-refractivity contribution in [1.29, 1.82) is 0 Å². The maximum atomic E-state index is 13.0. The minimum absolute atomic E-state index is 0.398. The number of carbonyl (C=O) groups excluding carboxylic acids is 1. The van der Waals surface area contributed by atoms with Crippen molar-refractivity contribution >= 4 is 16.3 Å². The van der Waals surface area contributed by atoms with Gasteiger partial charge in [-0.1, -0.05) is 6.92 Å². The Hall–Kier alpha value is -0.850. The number of piperidine rings is 1. The highest BCUT2D eigenvalue weighted by Crippen LogP contribution is 2.37. The molecule has 1 aliphatic heterocycles. The van der Waals surface area contributed by atoms with Gasteiger partial charge in [-0.3, -0.25) is 0 Å². The average Bonchev–Trinajstić information content (AvgIpc) is 2.25. The predicted octanol–water partition coefficient (Wildman–Crippen LogP) is 2.71. The summed E-state index contributed by atoms with van der Waals surface area (Å²) in [5.74, 6) is -0.460. The molecule has 118 valence electrons. The van der Waals surface area contributed by atoms with Crippen LogP contribution in [0.3, 0.4) is 0 Å². The summed E-state index contributed by atoms with van der Waals surface area (Å²) in [6, 6.07) is 0. The molecular weight excluding hydrogens is 285 g/mol. The molecule has 0 bridgehead atoms. The molecule has 0 N–H and O–H groups in total. The van der Waals surface area contributed by atoms with Gasteiger partial charge < -0.3 is 9.64 Å². The summed E-state index contributed by atoms with van der Waals surface area (Å²) < 4.78 is 40.0. The standard InChI is InChI=1S/C13H24FNO4S/c1-5-13(10-20(14,17)18)6-8-15(9-7-13)11(16)19-12(2,3)4/h5-10H2,1-4H3. The van der Waals surface area contributed by atoms with Crippen LogP contribution in [-0.4, -0.2) is 43.9 Å². The van der Waals surface area contributed by atoms with Crippen LogP contribution in [-0.2, 0) is 15.0 Å². The zero-order valence-electron chi connectivity index (χ0n) is 12.6. The summed E-state index contributed by atoms with van der Waals surface area (Å²) in [5.41, 5.74) is -1.12. The number of amides is 1. The SMILES string of the molecule is CCC1(CS(=O)(=O)F)CCN(C(=O)OC(C)(C)C)CC1. The monoisotopic (exact) mass is 309 g/mol. The van der Waals surface area contributed by atoms with Crippen molar-refractivity contribution in [1.82, 2.24) is 4.90 Å². The van der Waals surface area contributed by atoms with Gasteiger partial charge in [0.25, 0.3) is 0 Å². The first-order valence-corrected chi connectivity index (χ1v) is 8.42. The van der Waals surface area contributed by atoms with Crippen molar-refractivity contribution in [2.45, 2.75) is 52.6 Å². The van der Waals surface area contributed by atoms with Crippen molar-refractivity contribution in [3.8, 4) is 0 Å². The fourth-order valence-corrected chi connectivity index (χ4v) is 3.68. The van der Waals surface area contributed by atoms with Crippen LogP contribution in [0.1, 0.15) is 47.0 Å². The predicted molar refractivity (Wildman–Crippen MR) is 74.7 cm³/mol. The van der Waals surface area contributed by atoms with Crippen LogP contribution in [0.15, 0.2) is 0 Å². The van der Waals surface area contributed by atoms with E-state index in [4.69, 9.17) is 4.74 Å². The van der Waals surface area contributed by atoms with E-state index in [0.717, 1.165) is 0 Å². The molecule has 0 unspecified atom stereocenters. The van der Waals surface area contributed by atoms with Crippen LogP contribution in [0.25, 0.3) is 0 Å². The summed E-state index contributed by atoms with van der Waals surface area (Å²) in [4.78, 5) is 13.5. The molecule has 0 atom stereocenters. The molecule has 1 rings (SSSR count). The van der Waals surface area contributed by atoms with E-state index in [1.54, 1.807) is 25.7 Å². The topological polar surface area (TPSA) is 63.7 Å². The van der Waals surface area contributed by atoms with E-state index in [2.05, 4.69) is 0 Å². The van der Waals surface area contributed by atoms with E-state index in [9.17, 15) is 17.1 Å². The van der Waals surface area contributed by atoms with E-state index in [-0.39, 0.29) is 0 Å². The third-order valence-electron chi connectivity index (χ3n) is 3.70. The third-order valence-corrected chi connectivity index (χ3v) is 4.66. The summed E-state index contributed by atoms with van der Waals surface area (Å²) >= 11 is 0. The van der Waals surface area contributed by atoms with Gasteiger partial charge >= 0.3 is 16.3 Å². The lowest BCUT2D eigenvalue weighted by Gasteiger charge is -2.40. The van der Waals surface area contributed by atoms with Crippen LogP contribution in [0.2, 0.25) is 0 Å². The van der Waals surface area contributed by atoms with Crippen molar-refractivity contribution in [3.63, 3.8) is 0 Å². The Balaban J connectivity index is 2.64. The van der Waals surface area contributed by atoms with Crippen LogP contribution in [0.4, 0.5) is 8.68 Å². The number of ether oxygens (including phenoxy) is 1. The second-order valence-electron chi connectivity index (χ2n) is 6.50. The lowest BCUT2D eigenvalue weighted by Crippen LogP contribution is -2.46. The lowest BCUT2D eigenvalue weighted by molar-refractivity contribution is 0.0118. The number of hydrogen-bond donors (Lipinski definition) is 0. The first kappa shape index (κ1) is 17.2. The number of rotatable bonds is 3. The fourth-order valence-electron chi connectivity index (χ4n) is 2.46. The molecule has 1 aliphatic rings. The van der Waals surface area contributed by atoms with Crippen molar-refractivity contribution < 1.29 is 21.8 Å². The minimum Gasteiger partial charge on any atom is -0.444 e. The molecule has 1 amide bonds. The Morgan fingerprint density at radius 3 is 2.15 bits per heavy atom. The van der Waals surface area contributed by atoms with Gasteiger partial charge in [0.1, 0.15) is 5.60 Å². The Morgan fingerprint density at radius 1 is 1.30 bits per heavy atom. The molecule has 1 fully saturated rings. The summed E-state index contributed by atoms with van der Waals surface area (Å²) in [6.07, 6.45) is 1.14. The van der Waals surface area contributed by atoms with E-state index >= 15 is 0 Å². The number of halogens is 1. The molecule has 20 heavy (non-hydrogen) atoms. The van der Waals surface area contributed by atoms with Gasteiger partial charge in [0.2, 0.25) is 0 Å². The molecule has 1 heterocycles. The smallest absolute Gasteiger partial charge is 0.410 e. The van der Waals surface area contributed by atoms with E-state index in [1.165, 1.54) is 0 Å². The van der Waals surface area contributed by atoms with Crippen molar-refractivity contribution in [2.24, 2.45) is 5.41 Å². The normalized spacial score (nSPS) is 19.8. The van der Waals surface area contributed by atoms with Crippen LogP contribution >= 0.6 is 0 Å². The summed E-state index contributed by atoms with van der Waals surface area (Å²) in [7, 11) is -4.50. The van der Waals surface area contributed by atoms with Crippen LogP contribution < -0.4 is 0 Å². The molecular formula is C13H24FNO4S. The molecule has 1 saturated heterocycles. The first-order valence-electron chi connectivity index (χ1n) is 6.87. The number of likely N-dealkylation sites (tertiary alicyclic amines) is 1. The van der Waals surface area contributed by atoms with Gasteiger partial charge in [-0.25, -0.2) is 4.79 Å². The molecule has 0 saturated carbocycles. The number of nitrogens with zero attached hydrogens (tertiary/aromatic N) is 1.